The van der Waals surface area contributed by atoms with Gasteiger partial charge in [0.05, 0.1) is 5.54 Å². The molecule has 0 rings (SSSR count). The molecule has 0 saturated heterocycles. The highest BCUT2D eigenvalue weighted by Gasteiger charge is 2.20. The minimum Gasteiger partial charge on any atom is -0.355 e. The number of nitrogens with zero attached hydrogens (tertiary/aromatic N) is 1. The fourth-order valence-electron chi connectivity index (χ4n) is 1.17. The van der Waals surface area contributed by atoms with Crippen LogP contribution in [0.5, 0.6) is 0 Å². The van der Waals surface area contributed by atoms with Gasteiger partial charge in [-0.25, -0.2) is 0 Å². The first-order valence-electron chi connectivity index (χ1n) is 6.02. The Kier molecular flexibility index (Phi) is 6.60. The fraction of sp³-hybridized carbons (Fsp3) is 0.917. The Bertz CT molecular complexity index is 209. The number of carbonyl (C=O) groups is 1. The molecule has 0 aromatic rings. The van der Waals surface area contributed by atoms with E-state index in [0.717, 1.165) is 19.4 Å². The van der Waals surface area contributed by atoms with Crippen LogP contribution < -0.4 is 11.1 Å². The standard InChI is InChI=1S/C12H27N3O/c1-10(2)15(5)9-7-6-8-14-11(16)12(3,4)13/h10H,6-9,13H2,1-5H3,(H,14,16). The van der Waals surface area contributed by atoms with Gasteiger partial charge in [-0.2, -0.15) is 0 Å². The van der Waals surface area contributed by atoms with Crippen LogP contribution in [0.2, 0.25) is 0 Å². The Morgan fingerprint density at radius 3 is 2.38 bits per heavy atom. The largest absolute Gasteiger partial charge is 0.355 e. The molecular weight excluding hydrogens is 202 g/mol. The van der Waals surface area contributed by atoms with Crippen molar-refractivity contribution < 1.29 is 4.79 Å². The molecule has 96 valence electrons. The first kappa shape index (κ1) is 15.4. The minimum absolute atomic E-state index is 0.0790. The van der Waals surface area contributed by atoms with Crippen molar-refractivity contribution >= 4 is 5.91 Å². The molecule has 0 bridgehead atoms. The Hall–Kier alpha value is -0.610. The molecule has 0 aromatic heterocycles. The lowest BCUT2D eigenvalue weighted by atomic mass is 10.1. The third kappa shape index (κ3) is 6.80. The second kappa shape index (κ2) is 6.86. The number of nitrogens with one attached hydrogen (secondary N) is 1. The number of amides is 1. The van der Waals surface area contributed by atoms with E-state index < -0.39 is 5.54 Å². The minimum atomic E-state index is -0.769. The number of hydrogen-bond acceptors (Lipinski definition) is 3. The van der Waals surface area contributed by atoms with E-state index in [0.29, 0.717) is 12.6 Å². The first-order chi connectivity index (χ1) is 7.25. The Labute approximate surface area is 99.6 Å². The van der Waals surface area contributed by atoms with Crippen LogP contribution >= 0.6 is 0 Å². The van der Waals surface area contributed by atoms with Crippen LogP contribution in [0.1, 0.15) is 40.5 Å². The van der Waals surface area contributed by atoms with Gasteiger partial charge in [-0.15, -0.1) is 0 Å². The average Bonchev–Trinajstić information content (AvgIpc) is 2.14. The molecule has 1 amide bonds. The number of unbranched alkanes of at least 4 members (excludes halogenated alkanes) is 1. The van der Waals surface area contributed by atoms with Crippen LogP contribution in [0.15, 0.2) is 0 Å². The van der Waals surface area contributed by atoms with E-state index in [1.54, 1.807) is 13.8 Å². The molecule has 0 spiro atoms. The zero-order chi connectivity index (χ0) is 12.8. The van der Waals surface area contributed by atoms with E-state index in [-0.39, 0.29) is 5.91 Å². The summed E-state index contributed by atoms with van der Waals surface area (Å²) in [7, 11) is 2.12. The van der Waals surface area contributed by atoms with Crippen LogP contribution in [-0.2, 0) is 4.79 Å². The van der Waals surface area contributed by atoms with Gasteiger partial charge in [0.25, 0.3) is 0 Å². The SMILES string of the molecule is CC(C)N(C)CCCCNC(=O)C(C)(C)N. The predicted molar refractivity (Wildman–Crippen MR) is 68.3 cm³/mol. The maximum absolute atomic E-state index is 11.4. The lowest BCUT2D eigenvalue weighted by Crippen LogP contribution is -2.49. The summed E-state index contributed by atoms with van der Waals surface area (Å²) in [5.74, 6) is -0.0790. The molecule has 3 N–H and O–H groups in total. The number of hydrogen-bond donors (Lipinski definition) is 2. The van der Waals surface area contributed by atoms with Crippen molar-refractivity contribution in [2.75, 3.05) is 20.1 Å². The molecule has 0 fully saturated rings. The van der Waals surface area contributed by atoms with E-state index in [9.17, 15) is 4.79 Å². The predicted octanol–water partition coefficient (Wildman–Crippen LogP) is 0.960. The van der Waals surface area contributed by atoms with Crippen LogP contribution in [0.25, 0.3) is 0 Å². The Morgan fingerprint density at radius 1 is 1.38 bits per heavy atom. The third-order valence-electron chi connectivity index (χ3n) is 2.69. The lowest BCUT2D eigenvalue weighted by molar-refractivity contribution is -0.125. The molecule has 0 aromatic carbocycles. The van der Waals surface area contributed by atoms with Crippen molar-refractivity contribution in [3.8, 4) is 0 Å². The molecule has 0 heterocycles. The normalized spacial score (nSPS) is 12.2. The molecule has 0 aliphatic rings. The number of carbonyl (C=O) groups excluding carboxylic acids is 1. The quantitative estimate of drug-likeness (QED) is 0.639. The van der Waals surface area contributed by atoms with Crippen molar-refractivity contribution in [1.82, 2.24) is 10.2 Å². The summed E-state index contributed by atoms with van der Waals surface area (Å²) in [6, 6.07) is 0.581. The van der Waals surface area contributed by atoms with Gasteiger partial charge >= 0.3 is 0 Å². The van der Waals surface area contributed by atoms with Crippen molar-refractivity contribution in [3.05, 3.63) is 0 Å². The lowest BCUT2D eigenvalue weighted by Gasteiger charge is -2.21. The summed E-state index contributed by atoms with van der Waals surface area (Å²) in [6.45, 7) is 9.58. The van der Waals surface area contributed by atoms with Crippen molar-refractivity contribution in [1.29, 1.82) is 0 Å². The van der Waals surface area contributed by atoms with Gasteiger partial charge in [0.15, 0.2) is 0 Å². The van der Waals surface area contributed by atoms with Crippen molar-refractivity contribution in [3.63, 3.8) is 0 Å². The smallest absolute Gasteiger partial charge is 0.239 e. The molecule has 0 saturated carbocycles. The highest BCUT2D eigenvalue weighted by atomic mass is 16.2. The van der Waals surface area contributed by atoms with Crippen molar-refractivity contribution in [2.45, 2.75) is 52.1 Å². The summed E-state index contributed by atoms with van der Waals surface area (Å²) in [5, 5.41) is 2.84. The molecule has 0 aliphatic carbocycles. The summed E-state index contributed by atoms with van der Waals surface area (Å²) >= 11 is 0. The highest BCUT2D eigenvalue weighted by molar-refractivity contribution is 5.84. The zero-order valence-corrected chi connectivity index (χ0v) is 11.3. The van der Waals surface area contributed by atoms with Gasteiger partial charge in [0.2, 0.25) is 5.91 Å². The molecule has 16 heavy (non-hydrogen) atoms. The first-order valence-corrected chi connectivity index (χ1v) is 6.02. The molecule has 0 radical (unpaired) electrons. The summed E-state index contributed by atoms with van der Waals surface area (Å²) in [6.07, 6.45) is 2.10. The molecule has 4 heteroatoms. The monoisotopic (exact) mass is 229 g/mol. The summed E-state index contributed by atoms with van der Waals surface area (Å²) in [4.78, 5) is 13.7. The highest BCUT2D eigenvalue weighted by Crippen LogP contribution is 1.99. The third-order valence-corrected chi connectivity index (χ3v) is 2.69. The molecule has 0 aliphatic heterocycles. The second-order valence-corrected chi connectivity index (χ2v) is 5.26. The van der Waals surface area contributed by atoms with E-state index in [4.69, 9.17) is 5.73 Å². The second-order valence-electron chi connectivity index (χ2n) is 5.26. The van der Waals surface area contributed by atoms with E-state index >= 15 is 0 Å². The van der Waals surface area contributed by atoms with Gasteiger partial charge < -0.3 is 16.0 Å². The molecule has 0 unspecified atom stereocenters. The van der Waals surface area contributed by atoms with E-state index in [1.165, 1.54) is 0 Å². The van der Waals surface area contributed by atoms with Crippen LogP contribution in [0.4, 0.5) is 0 Å². The van der Waals surface area contributed by atoms with Crippen LogP contribution in [0.3, 0.4) is 0 Å². The fourth-order valence-corrected chi connectivity index (χ4v) is 1.17. The van der Waals surface area contributed by atoms with Gasteiger partial charge in [0, 0.05) is 12.6 Å². The Morgan fingerprint density at radius 2 is 1.94 bits per heavy atom. The molecular formula is C12H27N3O. The van der Waals surface area contributed by atoms with Gasteiger partial charge in [-0.3, -0.25) is 4.79 Å². The molecule has 4 nitrogen and oxygen atoms in total. The topological polar surface area (TPSA) is 58.4 Å². The molecule has 0 atom stereocenters. The van der Waals surface area contributed by atoms with Gasteiger partial charge in [-0.05, 0) is 54.1 Å². The van der Waals surface area contributed by atoms with Gasteiger partial charge in [-0.1, -0.05) is 0 Å². The maximum atomic E-state index is 11.4. The van der Waals surface area contributed by atoms with Crippen molar-refractivity contribution in [2.24, 2.45) is 5.73 Å². The summed E-state index contributed by atoms with van der Waals surface area (Å²) in [5.41, 5.74) is 4.89. The van der Waals surface area contributed by atoms with Gasteiger partial charge in [0.1, 0.15) is 0 Å². The number of nitrogens with two attached hydrogens (primary N) is 1. The van der Waals surface area contributed by atoms with Crippen LogP contribution in [0, 0.1) is 0 Å². The summed E-state index contributed by atoms with van der Waals surface area (Å²) < 4.78 is 0. The van der Waals surface area contributed by atoms with Crippen LogP contribution in [-0.4, -0.2) is 42.5 Å². The zero-order valence-electron chi connectivity index (χ0n) is 11.3. The number of rotatable bonds is 7. The average molecular weight is 229 g/mol. The maximum Gasteiger partial charge on any atom is 0.239 e. The Balaban J connectivity index is 3.52. The van der Waals surface area contributed by atoms with E-state index in [2.05, 4.69) is 31.1 Å². The van der Waals surface area contributed by atoms with E-state index in [1.807, 2.05) is 0 Å².